The Labute approximate surface area is 110 Å². The molecule has 4 heteroatoms. The third kappa shape index (κ3) is 3.91. The molecule has 1 heterocycles. The van der Waals surface area contributed by atoms with Crippen LogP contribution in [0.5, 0.6) is 0 Å². The monoisotopic (exact) mass is 303 g/mol. The number of amides is 1. The Kier molecular flexibility index (Phi) is 5.49. The second-order valence-corrected chi connectivity index (χ2v) is 6.50. The molecule has 1 aromatic heterocycles. The van der Waals surface area contributed by atoms with Crippen LogP contribution in [0.2, 0.25) is 0 Å². The smallest absolute Gasteiger partial charge is 0.261 e. The third-order valence-electron chi connectivity index (χ3n) is 2.39. The fourth-order valence-corrected chi connectivity index (χ4v) is 3.11. The summed E-state index contributed by atoms with van der Waals surface area (Å²) in [6.07, 6.45) is 1.86. The van der Waals surface area contributed by atoms with Crippen molar-refractivity contribution in [2.24, 2.45) is 0 Å². The van der Waals surface area contributed by atoms with Gasteiger partial charge in [0.15, 0.2) is 0 Å². The van der Waals surface area contributed by atoms with Crippen molar-refractivity contribution < 1.29 is 4.79 Å². The molecule has 0 aliphatic heterocycles. The number of carbonyl (C=O) groups is 1. The summed E-state index contributed by atoms with van der Waals surface area (Å²) in [5.41, 5.74) is 1.14. The molecule has 90 valence electrons. The number of rotatable bonds is 5. The zero-order valence-electron chi connectivity index (χ0n) is 9.92. The molecule has 16 heavy (non-hydrogen) atoms. The number of halogens is 1. The Balaban J connectivity index is 2.58. The highest BCUT2D eigenvalue weighted by Crippen LogP contribution is 2.17. The van der Waals surface area contributed by atoms with Crippen molar-refractivity contribution in [3.05, 3.63) is 21.9 Å². The first kappa shape index (κ1) is 13.7. The summed E-state index contributed by atoms with van der Waals surface area (Å²) in [5.74, 6) is 0.0625. The molecule has 1 aromatic rings. The zero-order chi connectivity index (χ0) is 12.1. The number of hydrogen-bond acceptors (Lipinski definition) is 2. The van der Waals surface area contributed by atoms with E-state index in [-0.39, 0.29) is 11.9 Å². The molecule has 2 atom stereocenters. The van der Waals surface area contributed by atoms with Crippen LogP contribution in [-0.2, 0) is 6.42 Å². The standard InChI is InChI=1S/C12H18BrNOS/c1-4-10-5-6-16-11(10)12(15)14-9(3)7-8(2)13/h5-6,8-9H,4,7H2,1-3H3,(H,14,15). The largest absolute Gasteiger partial charge is 0.349 e. The first-order chi connectivity index (χ1) is 7.54. The minimum Gasteiger partial charge on any atom is -0.349 e. The number of carbonyl (C=O) groups excluding carboxylic acids is 1. The minimum atomic E-state index is 0.0625. The van der Waals surface area contributed by atoms with E-state index in [9.17, 15) is 4.79 Å². The molecule has 0 aliphatic carbocycles. The van der Waals surface area contributed by atoms with E-state index in [1.54, 1.807) is 0 Å². The van der Waals surface area contributed by atoms with Gasteiger partial charge in [-0.2, -0.15) is 0 Å². The van der Waals surface area contributed by atoms with Gasteiger partial charge >= 0.3 is 0 Å². The summed E-state index contributed by atoms with van der Waals surface area (Å²) in [6, 6.07) is 2.23. The van der Waals surface area contributed by atoms with Crippen LogP contribution in [0.1, 0.15) is 42.4 Å². The van der Waals surface area contributed by atoms with Crippen LogP contribution < -0.4 is 5.32 Å². The lowest BCUT2D eigenvalue weighted by Crippen LogP contribution is -2.33. The summed E-state index contributed by atoms with van der Waals surface area (Å²) in [7, 11) is 0. The van der Waals surface area contributed by atoms with Gasteiger partial charge in [-0.25, -0.2) is 0 Å². The lowest BCUT2D eigenvalue weighted by molar-refractivity contribution is 0.0942. The molecule has 0 fully saturated rings. The highest BCUT2D eigenvalue weighted by Gasteiger charge is 2.15. The van der Waals surface area contributed by atoms with Crippen molar-refractivity contribution in [1.29, 1.82) is 0 Å². The van der Waals surface area contributed by atoms with Gasteiger partial charge in [0.1, 0.15) is 0 Å². The van der Waals surface area contributed by atoms with Gasteiger partial charge in [-0.1, -0.05) is 29.8 Å². The van der Waals surface area contributed by atoms with Crippen molar-refractivity contribution in [3.63, 3.8) is 0 Å². The van der Waals surface area contributed by atoms with E-state index in [2.05, 4.69) is 35.1 Å². The summed E-state index contributed by atoms with van der Waals surface area (Å²) in [4.78, 5) is 13.2. The maximum Gasteiger partial charge on any atom is 0.261 e. The Morgan fingerprint density at radius 1 is 1.56 bits per heavy atom. The molecule has 0 aliphatic rings. The van der Waals surface area contributed by atoms with E-state index in [1.807, 2.05) is 18.4 Å². The fourth-order valence-electron chi connectivity index (χ4n) is 1.65. The van der Waals surface area contributed by atoms with Crippen LogP contribution >= 0.6 is 27.3 Å². The second kappa shape index (κ2) is 6.40. The Morgan fingerprint density at radius 3 is 2.81 bits per heavy atom. The van der Waals surface area contributed by atoms with Crippen LogP contribution in [0.4, 0.5) is 0 Å². The summed E-state index contributed by atoms with van der Waals surface area (Å²) in [5, 5.41) is 5.01. The van der Waals surface area contributed by atoms with E-state index in [4.69, 9.17) is 0 Å². The zero-order valence-corrected chi connectivity index (χ0v) is 12.3. The topological polar surface area (TPSA) is 29.1 Å². The maximum atomic E-state index is 12.0. The Bertz CT molecular complexity index is 349. The van der Waals surface area contributed by atoms with Crippen LogP contribution in [0.25, 0.3) is 0 Å². The van der Waals surface area contributed by atoms with Gasteiger partial charge in [-0.15, -0.1) is 11.3 Å². The van der Waals surface area contributed by atoms with Gasteiger partial charge in [0.25, 0.3) is 5.91 Å². The molecule has 2 unspecified atom stereocenters. The average Bonchev–Trinajstić information content (AvgIpc) is 2.63. The van der Waals surface area contributed by atoms with Gasteiger partial charge in [-0.05, 0) is 36.8 Å². The Morgan fingerprint density at radius 2 is 2.25 bits per heavy atom. The van der Waals surface area contributed by atoms with E-state index >= 15 is 0 Å². The minimum absolute atomic E-state index is 0.0625. The van der Waals surface area contributed by atoms with Crippen LogP contribution in [0, 0.1) is 0 Å². The molecule has 0 radical (unpaired) electrons. The second-order valence-electron chi connectivity index (χ2n) is 4.02. The first-order valence-corrected chi connectivity index (χ1v) is 7.35. The van der Waals surface area contributed by atoms with E-state index in [0.29, 0.717) is 4.83 Å². The van der Waals surface area contributed by atoms with Crippen LogP contribution in [-0.4, -0.2) is 16.8 Å². The molecule has 1 rings (SSSR count). The van der Waals surface area contributed by atoms with Gasteiger partial charge in [0, 0.05) is 10.9 Å². The molecule has 0 aromatic carbocycles. The number of alkyl halides is 1. The normalized spacial score (nSPS) is 14.5. The van der Waals surface area contributed by atoms with Crippen molar-refractivity contribution in [2.45, 2.75) is 44.5 Å². The lowest BCUT2D eigenvalue weighted by Gasteiger charge is -2.15. The van der Waals surface area contributed by atoms with Crippen molar-refractivity contribution in [1.82, 2.24) is 5.32 Å². The lowest BCUT2D eigenvalue weighted by atomic mass is 10.1. The third-order valence-corrected chi connectivity index (χ3v) is 3.72. The summed E-state index contributed by atoms with van der Waals surface area (Å²) < 4.78 is 0. The number of hydrogen-bond donors (Lipinski definition) is 1. The summed E-state index contributed by atoms with van der Waals surface area (Å²) >= 11 is 5.01. The van der Waals surface area contributed by atoms with Gasteiger partial charge in [0.05, 0.1) is 4.88 Å². The molecule has 2 nitrogen and oxygen atoms in total. The summed E-state index contributed by atoms with van der Waals surface area (Å²) in [6.45, 7) is 6.20. The van der Waals surface area contributed by atoms with E-state index in [1.165, 1.54) is 11.3 Å². The molecule has 0 bridgehead atoms. The molecule has 0 saturated heterocycles. The molecule has 0 saturated carbocycles. The SMILES string of the molecule is CCc1ccsc1C(=O)NC(C)CC(C)Br. The highest BCUT2D eigenvalue weighted by molar-refractivity contribution is 9.09. The number of aryl methyl sites for hydroxylation is 1. The predicted molar refractivity (Wildman–Crippen MR) is 73.6 cm³/mol. The highest BCUT2D eigenvalue weighted by atomic mass is 79.9. The van der Waals surface area contributed by atoms with Crippen molar-refractivity contribution >= 4 is 33.2 Å². The van der Waals surface area contributed by atoms with Crippen LogP contribution in [0.3, 0.4) is 0 Å². The molecular formula is C12H18BrNOS. The number of nitrogens with one attached hydrogen (secondary N) is 1. The predicted octanol–water partition coefficient (Wildman–Crippen LogP) is 3.60. The first-order valence-electron chi connectivity index (χ1n) is 5.55. The van der Waals surface area contributed by atoms with Crippen molar-refractivity contribution in [2.75, 3.05) is 0 Å². The van der Waals surface area contributed by atoms with Crippen molar-refractivity contribution in [3.8, 4) is 0 Å². The van der Waals surface area contributed by atoms with Crippen LogP contribution in [0.15, 0.2) is 11.4 Å². The van der Waals surface area contributed by atoms with Gasteiger partial charge in [-0.3, -0.25) is 4.79 Å². The molecular weight excluding hydrogens is 286 g/mol. The molecule has 1 amide bonds. The van der Waals surface area contributed by atoms with E-state index in [0.717, 1.165) is 23.3 Å². The quantitative estimate of drug-likeness (QED) is 0.827. The van der Waals surface area contributed by atoms with Gasteiger partial charge in [0.2, 0.25) is 0 Å². The maximum absolute atomic E-state index is 12.0. The Hall–Kier alpha value is -0.350. The number of thiophene rings is 1. The fraction of sp³-hybridized carbons (Fsp3) is 0.583. The van der Waals surface area contributed by atoms with E-state index < -0.39 is 0 Å². The van der Waals surface area contributed by atoms with Gasteiger partial charge < -0.3 is 5.32 Å². The average molecular weight is 304 g/mol. The molecule has 0 spiro atoms. The molecule has 1 N–H and O–H groups in total.